The predicted molar refractivity (Wildman–Crippen MR) is 167 cm³/mol. The van der Waals surface area contributed by atoms with Crippen LogP contribution in [0.3, 0.4) is 0 Å². The van der Waals surface area contributed by atoms with Gasteiger partial charge in [-0.25, -0.2) is 4.79 Å². The number of aliphatic hydroxyl groups excluding tert-OH is 4. The van der Waals surface area contributed by atoms with Gasteiger partial charge in [-0.05, 0) is 62.8 Å². The van der Waals surface area contributed by atoms with E-state index in [1.807, 2.05) is 6.08 Å². The average Bonchev–Trinajstić information content (AvgIpc) is 3.54. The maximum Gasteiger partial charge on any atom is 0.335 e. The maximum atomic E-state index is 12.6. The zero-order chi connectivity index (χ0) is 34.0. The van der Waals surface area contributed by atoms with Crippen LogP contribution in [0.1, 0.15) is 65.2 Å². The van der Waals surface area contributed by atoms with Crippen molar-refractivity contribution in [3.63, 3.8) is 0 Å². The molecule has 0 radical (unpaired) electrons. The topological polar surface area (TPSA) is 234 Å². The van der Waals surface area contributed by atoms with E-state index in [0.717, 1.165) is 12.0 Å². The van der Waals surface area contributed by atoms with Crippen LogP contribution < -0.4 is 11.1 Å². The number of aliphatic imine (C=N–C) groups is 1. The van der Waals surface area contributed by atoms with Crippen molar-refractivity contribution in [2.45, 2.75) is 126 Å². The Morgan fingerprint density at radius 1 is 1.09 bits per heavy atom. The molecular weight excluding hydrogens is 614 g/mol. The summed E-state index contributed by atoms with van der Waals surface area (Å²) in [6, 6.07) is 0. The molecule has 264 valence electrons. The fraction of sp³-hybridized carbons (Fsp3) is 0.818. The minimum atomic E-state index is -2.22. The molecule has 3 aliphatic heterocycles. The smallest absolute Gasteiger partial charge is 0.335 e. The van der Waals surface area contributed by atoms with E-state index in [-0.39, 0.29) is 36.6 Å². The van der Waals surface area contributed by atoms with Crippen LogP contribution >= 0.6 is 0 Å². The molecule has 6 unspecified atom stereocenters. The van der Waals surface area contributed by atoms with Crippen molar-refractivity contribution in [3.05, 3.63) is 18.2 Å². The summed E-state index contributed by atoms with van der Waals surface area (Å²) in [7, 11) is 0. The van der Waals surface area contributed by atoms with Crippen molar-refractivity contribution in [2.75, 3.05) is 13.1 Å². The Morgan fingerprint density at radius 3 is 2.43 bits per heavy atom. The lowest BCUT2D eigenvalue weighted by atomic mass is 9.66. The maximum absolute atomic E-state index is 12.6. The average molecular weight is 667 g/mol. The second-order valence-corrected chi connectivity index (χ2v) is 14.5. The van der Waals surface area contributed by atoms with Crippen molar-refractivity contribution < 1.29 is 54.4 Å². The van der Waals surface area contributed by atoms with Crippen LogP contribution in [0.5, 0.6) is 0 Å². The molecule has 3 heterocycles. The molecule has 1 amide bonds. The highest BCUT2D eigenvalue weighted by atomic mass is 16.7. The van der Waals surface area contributed by atoms with Gasteiger partial charge in [-0.3, -0.25) is 4.79 Å². The van der Waals surface area contributed by atoms with Crippen LogP contribution in [-0.2, 0) is 23.8 Å². The molecule has 2 saturated heterocycles. The third-order valence-electron chi connectivity index (χ3n) is 11.1. The van der Waals surface area contributed by atoms with Gasteiger partial charge < -0.3 is 55.9 Å². The number of ether oxygens (including phenoxy) is 3. The number of carbonyl (C=O) groups excluding carboxylic acids is 1. The number of carboxylic acid groups (broad SMARTS) is 1. The first kappa shape index (κ1) is 36.1. The Balaban J connectivity index is 1.27. The zero-order valence-electron chi connectivity index (χ0n) is 27.1. The van der Waals surface area contributed by atoms with E-state index in [9.17, 15) is 40.2 Å². The molecule has 0 aromatic heterocycles. The quantitative estimate of drug-likeness (QED) is 0.125. The Hall–Kier alpha value is -2.14. The molecule has 0 bridgehead atoms. The molecule has 5 aliphatic rings. The van der Waals surface area contributed by atoms with Gasteiger partial charge in [0, 0.05) is 31.2 Å². The molecule has 0 spiro atoms. The highest BCUT2D eigenvalue weighted by molar-refractivity contribution is 5.82. The van der Waals surface area contributed by atoms with Crippen molar-refractivity contribution in [2.24, 2.45) is 40.3 Å². The fourth-order valence-corrected chi connectivity index (χ4v) is 8.19. The number of nitrogens with one attached hydrogen (secondary N) is 1. The largest absolute Gasteiger partial charge is 0.479 e. The number of primary amides is 1. The summed E-state index contributed by atoms with van der Waals surface area (Å²) in [6.07, 6.45) is -2.82. The van der Waals surface area contributed by atoms with Gasteiger partial charge in [0.05, 0.1) is 30.5 Å². The van der Waals surface area contributed by atoms with Crippen LogP contribution in [0.2, 0.25) is 0 Å². The third kappa shape index (κ3) is 7.86. The van der Waals surface area contributed by atoms with Gasteiger partial charge in [0.2, 0.25) is 5.91 Å². The minimum absolute atomic E-state index is 0.0171. The standard InChI is InChI=1S/C33H51N3O11/c1-16(2)19(11-17-9-10-35-13-17)14-36-15-33(44)29(40)26(39)28(31(42)43)47-32(33)45-21-7-8-22-23(12-21)46-27(30(34)41)24(25(22)38)18-3-5-20(37)6-4-18/h9-10,13,16,18-29,32,36-40,44H,3-8,11-12,14-15H2,1-2H3,(H2-,34,41,42,43)/p+1/t18?,19-,20?,21?,22?,23?,24?,25?,26+,27?,28-,29-,32+,33-/m0/s1. The molecule has 12 atom stereocenters. The summed E-state index contributed by atoms with van der Waals surface area (Å²) < 4.78 is 18.1. The number of carboxylic acids is 1. The number of amides is 1. The lowest BCUT2D eigenvalue weighted by Gasteiger charge is -2.52. The molecule has 14 heteroatoms. The van der Waals surface area contributed by atoms with Gasteiger partial charge >= 0.3 is 5.97 Å². The molecule has 47 heavy (non-hydrogen) atoms. The fourth-order valence-electron chi connectivity index (χ4n) is 8.19. The molecule has 0 aromatic rings. The van der Waals surface area contributed by atoms with E-state index in [0.29, 0.717) is 45.1 Å². The molecule has 0 aromatic carbocycles. The van der Waals surface area contributed by atoms with E-state index in [1.165, 1.54) is 0 Å². The van der Waals surface area contributed by atoms with Crippen molar-refractivity contribution >= 4 is 18.1 Å². The van der Waals surface area contributed by atoms with Crippen LogP contribution in [0.25, 0.3) is 0 Å². The van der Waals surface area contributed by atoms with E-state index >= 15 is 0 Å². The Kier molecular flexibility index (Phi) is 11.7. The van der Waals surface area contributed by atoms with Gasteiger partial charge in [0.25, 0.3) is 0 Å². The molecule has 4 fully saturated rings. The normalized spacial score (nSPS) is 42.8. The van der Waals surface area contributed by atoms with Gasteiger partial charge in [-0.15, -0.1) is 4.99 Å². The number of aliphatic carboxylic acids is 1. The Morgan fingerprint density at radius 2 is 1.81 bits per heavy atom. The number of allylic oxidation sites excluding steroid dienone is 1. The lowest BCUT2D eigenvalue weighted by molar-refractivity contribution is -0.346. The zero-order valence-corrected chi connectivity index (χ0v) is 27.1. The number of rotatable bonds is 12. The summed E-state index contributed by atoms with van der Waals surface area (Å²) in [5.74, 6) is -2.59. The molecule has 2 saturated carbocycles. The summed E-state index contributed by atoms with van der Waals surface area (Å²) in [5, 5.41) is 67.9. The summed E-state index contributed by atoms with van der Waals surface area (Å²) in [5.41, 5.74) is 4.62. The number of nitrogens with zero attached hydrogens (tertiary/aromatic N) is 1. The summed E-state index contributed by atoms with van der Waals surface area (Å²) in [4.78, 5) is 28.6. The first-order valence-corrected chi connectivity index (χ1v) is 17.0. The van der Waals surface area contributed by atoms with Crippen molar-refractivity contribution in [3.8, 4) is 0 Å². The van der Waals surface area contributed by atoms with Gasteiger partial charge in [-0.1, -0.05) is 13.8 Å². The molecule has 9 N–H and O–H groups in total. The Bertz CT molecular complexity index is 1160. The van der Waals surface area contributed by atoms with E-state index in [2.05, 4.69) is 24.2 Å². The van der Waals surface area contributed by atoms with Crippen molar-refractivity contribution in [1.29, 1.82) is 0 Å². The van der Waals surface area contributed by atoms with Gasteiger partial charge in [0.15, 0.2) is 24.2 Å². The number of nitrogens with two attached hydrogens (primary N) is 1. The molecule has 5 rings (SSSR count). The van der Waals surface area contributed by atoms with Crippen LogP contribution in [0.15, 0.2) is 16.6 Å². The number of aliphatic hydroxyl groups is 5. The summed E-state index contributed by atoms with van der Waals surface area (Å²) in [6.45, 7) is 6.06. The second-order valence-electron chi connectivity index (χ2n) is 14.5. The van der Waals surface area contributed by atoms with Gasteiger partial charge in [-0.2, -0.15) is 0 Å². The number of carbonyl (C=O) groups is 2. The van der Waals surface area contributed by atoms with Crippen LogP contribution in [0.4, 0.5) is 0 Å². The third-order valence-corrected chi connectivity index (χ3v) is 11.1. The number of hydrogen-bond donors (Lipinski definition) is 8. The minimum Gasteiger partial charge on any atom is -0.479 e. The Labute approximate surface area is 275 Å². The summed E-state index contributed by atoms with van der Waals surface area (Å²) >= 11 is 0. The SMILES string of the molecule is CC(C)[C@H](CNC[C@@]1(O)[C@H](OC2CCC3C(C2)OC(C(N)=O)C(C2CCC(O)CC2)C3O)O[C@H](C(=O)O)[C@@H](O)[C@@H]1O)CC1=C[CH+]N=C1. The van der Waals surface area contributed by atoms with Crippen LogP contribution in [-0.4, -0.2) is 123 Å². The molecular formula is C33H52N3O11+. The first-order valence-electron chi connectivity index (χ1n) is 17.0. The van der Waals surface area contributed by atoms with E-state index in [1.54, 1.807) is 12.8 Å². The van der Waals surface area contributed by atoms with E-state index < -0.39 is 78.5 Å². The highest BCUT2D eigenvalue weighted by Crippen LogP contribution is 2.46. The number of hydrogen-bond acceptors (Lipinski definition) is 12. The molecule has 14 nitrogen and oxygen atoms in total. The lowest BCUT2D eigenvalue weighted by Crippen LogP contribution is -2.71. The predicted octanol–water partition coefficient (Wildman–Crippen LogP) is -0.361. The molecule has 2 aliphatic carbocycles. The van der Waals surface area contributed by atoms with Gasteiger partial charge in [0.1, 0.15) is 30.4 Å². The monoisotopic (exact) mass is 666 g/mol. The first-order chi connectivity index (χ1) is 22.3. The second kappa shape index (κ2) is 15.2. The number of fused-ring (bicyclic) bond motifs is 1. The highest BCUT2D eigenvalue weighted by Gasteiger charge is 2.59. The van der Waals surface area contributed by atoms with Crippen LogP contribution in [0, 0.1) is 36.1 Å². The van der Waals surface area contributed by atoms with Crippen molar-refractivity contribution in [1.82, 2.24) is 5.32 Å². The van der Waals surface area contributed by atoms with E-state index in [4.69, 9.17) is 19.9 Å².